The van der Waals surface area contributed by atoms with Gasteiger partial charge in [-0.15, -0.1) is 0 Å². The summed E-state index contributed by atoms with van der Waals surface area (Å²) in [5.74, 6) is -0.0721. The van der Waals surface area contributed by atoms with Crippen LogP contribution in [0.1, 0.15) is 70.4 Å². The number of hydrogen-bond acceptors (Lipinski definition) is 3. The lowest BCUT2D eigenvalue weighted by molar-refractivity contribution is -0.137. The van der Waals surface area contributed by atoms with Gasteiger partial charge in [0.25, 0.3) is 0 Å². The number of rotatable bonds is 7. The number of nitrogens with one attached hydrogen (secondary N) is 1. The molecule has 0 aliphatic carbocycles. The van der Waals surface area contributed by atoms with Gasteiger partial charge in [-0.1, -0.05) is 51.3 Å². The Morgan fingerprint density at radius 3 is 2.34 bits per heavy atom. The molecule has 1 fully saturated rings. The third-order valence-corrected chi connectivity index (χ3v) is 6.35. The summed E-state index contributed by atoms with van der Waals surface area (Å²) < 4.78 is 39.5. The van der Waals surface area contributed by atoms with Crippen LogP contribution in [0.3, 0.4) is 0 Å². The van der Waals surface area contributed by atoms with Crippen molar-refractivity contribution >= 4 is 23.5 Å². The van der Waals surface area contributed by atoms with Crippen LogP contribution in [0.15, 0.2) is 18.2 Å². The van der Waals surface area contributed by atoms with Crippen LogP contribution in [0.25, 0.3) is 0 Å². The Kier molecular flexibility index (Phi) is 8.99. The number of piperidine rings is 1. The van der Waals surface area contributed by atoms with E-state index in [4.69, 9.17) is 11.6 Å². The van der Waals surface area contributed by atoms with E-state index in [0.29, 0.717) is 18.8 Å². The Balaban J connectivity index is 2.00. The monoisotopic (exact) mass is 476 g/mol. The first-order valence-electron chi connectivity index (χ1n) is 11.1. The number of imide groups is 1. The van der Waals surface area contributed by atoms with Gasteiger partial charge in [0.2, 0.25) is 5.91 Å². The van der Waals surface area contributed by atoms with Crippen LogP contribution in [0.5, 0.6) is 0 Å². The number of nitrogens with zero attached hydrogens (tertiary/aromatic N) is 1. The van der Waals surface area contributed by atoms with Crippen LogP contribution in [-0.4, -0.2) is 35.0 Å². The standard InChI is InChI=1S/C23H32ClF3N2O3/c1-4-5-16(7-6-15(2)3)20(30)28-21(31)29-12-10-22(32,11-13-29)17-8-9-19(24)18(14-17)23(25,26)27/h8-9,14-16,32H,4-7,10-13H2,1-3H3,(H,28,30,31)/t16-/m0/s1. The largest absolute Gasteiger partial charge is 0.417 e. The second kappa shape index (κ2) is 10.9. The van der Waals surface area contributed by atoms with Crippen LogP contribution in [0.4, 0.5) is 18.0 Å². The summed E-state index contributed by atoms with van der Waals surface area (Å²) in [5, 5.41) is 13.0. The van der Waals surface area contributed by atoms with Crippen molar-refractivity contribution in [1.82, 2.24) is 10.2 Å². The molecule has 2 N–H and O–H groups in total. The quantitative estimate of drug-likeness (QED) is 0.528. The third kappa shape index (κ3) is 6.85. The van der Waals surface area contributed by atoms with Gasteiger partial charge in [0, 0.05) is 19.0 Å². The number of likely N-dealkylation sites (tertiary alicyclic amines) is 1. The molecule has 0 unspecified atom stereocenters. The molecule has 9 heteroatoms. The Hall–Kier alpha value is -1.80. The highest BCUT2D eigenvalue weighted by atomic mass is 35.5. The molecular weight excluding hydrogens is 445 g/mol. The first-order chi connectivity index (χ1) is 14.9. The molecule has 1 atom stereocenters. The highest BCUT2D eigenvalue weighted by Crippen LogP contribution is 2.40. The number of halogens is 4. The smallest absolute Gasteiger partial charge is 0.385 e. The summed E-state index contributed by atoms with van der Waals surface area (Å²) in [4.78, 5) is 26.6. The predicted octanol–water partition coefficient (Wildman–Crippen LogP) is 5.73. The zero-order valence-corrected chi connectivity index (χ0v) is 19.5. The van der Waals surface area contributed by atoms with Gasteiger partial charge in [0.05, 0.1) is 16.2 Å². The molecule has 1 saturated heterocycles. The van der Waals surface area contributed by atoms with Crippen molar-refractivity contribution in [3.63, 3.8) is 0 Å². The summed E-state index contributed by atoms with van der Waals surface area (Å²) in [6.45, 7) is 6.39. The van der Waals surface area contributed by atoms with Crippen LogP contribution in [-0.2, 0) is 16.6 Å². The summed E-state index contributed by atoms with van der Waals surface area (Å²) in [5.41, 5.74) is -2.39. The summed E-state index contributed by atoms with van der Waals surface area (Å²) in [7, 11) is 0. The molecule has 0 aromatic heterocycles. The van der Waals surface area contributed by atoms with Gasteiger partial charge in [-0.2, -0.15) is 13.2 Å². The molecule has 1 aromatic carbocycles. The molecule has 0 saturated carbocycles. The first-order valence-corrected chi connectivity index (χ1v) is 11.4. The molecule has 1 heterocycles. The average molecular weight is 477 g/mol. The zero-order valence-electron chi connectivity index (χ0n) is 18.8. The molecule has 0 radical (unpaired) electrons. The summed E-state index contributed by atoms with van der Waals surface area (Å²) in [6.07, 6.45) is -1.38. The fourth-order valence-electron chi connectivity index (χ4n) is 3.98. The van der Waals surface area contributed by atoms with E-state index in [2.05, 4.69) is 19.2 Å². The van der Waals surface area contributed by atoms with E-state index >= 15 is 0 Å². The third-order valence-electron chi connectivity index (χ3n) is 6.02. The lowest BCUT2D eigenvalue weighted by Crippen LogP contribution is -2.51. The zero-order chi connectivity index (χ0) is 24.1. The van der Waals surface area contributed by atoms with Crippen LogP contribution in [0, 0.1) is 11.8 Å². The molecule has 180 valence electrons. The van der Waals surface area contributed by atoms with E-state index in [9.17, 15) is 27.9 Å². The maximum atomic E-state index is 13.2. The fraction of sp³-hybridized carbons (Fsp3) is 0.652. The number of urea groups is 1. The summed E-state index contributed by atoms with van der Waals surface area (Å²) >= 11 is 5.67. The van der Waals surface area contributed by atoms with E-state index in [1.54, 1.807) is 0 Å². The lowest BCUT2D eigenvalue weighted by Gasteiger charge is -2.38. The Labute approximate surface area is 192 Å². The molecule has 5 nitrogen and oxygen atoms in total. The minimum atomic E-state index is -4.63. The Bertz CT molecular complexity index is 806. The van der Waals surface area contributed by atoms with Gasteiger partial charge in [0.15, 0.2) is 0 Å². The molecule has 2 rings (SSSR count). The highest BCUT2D eigenvalue weighted by Gasteiger charge is 2.39. The maximum absolute atomic E-state index is 13.2. The molecule has 1 aliphatic heterocycles. The van der Waals surface area contributed by atoms with Crippen molar-refractivity contribution in [2.45, 2.75) is 71.1 Å². The highest BCUT2D eigenvalue weighted by molar-refractivity contribution is 6.31. The Morgan fingerprint density at radius 1 is 1.19 bits per heavy atom. The van der Waals surface area contributed by atoms with Gasteiger partial charge in [-0.25, -0.2) is 4.79 Å². The average Bonchev–Trinajstić information content (AvgIpc) is 2.70. The number of carbonyl (C=O) groups excluding carboxylic acids is 2. The molecular formula is C23H32ClF3N2O3. The first kappa shape index (κ1) is 26.5. The molecule has 3 amide bonds. The van der Waals surface area contributed by atoms with Crippen LogP contribution < -0.4 is 5.32 Å². The van der Waals surface area contributed by atoms with Gasteiger partial charge >= 0.3 is 12.2 Å². The number of amides is 3. The topological polar surface area (TPSA) is 69.6 Å². The van der Waals surface area contributed by atoms with Gasteiger partial charge < -0.3 is 10.0 Å². The van der Waals surface area contributed by atoms with E-state index in [0.717, 1.165) is 25.0 Å². The van der Waals surface area contributed by atoms with Crippen molar-refractivity contribution in [2.75, 3.05) is 13.1 Å². The second-order valence-electron chi connectivity index (χ2n) is 8.96. The molecule has 32 heavy (non-hydrogen) atoms. The van der Waals surface area contributed by atoms with Crippen LogP contribution in [0.2, 0.25) is 5.02 Å². The minimum Gasteiger partial charge on any atom is -0.385 e. The van der Waals surface area contributed by atoms with Gasteiger partial charge in [-0.3, -0.25) is 10.1 Å². The van der Waals surface area contributed by atoms with Crippen LogP contribution >= 0.6 is 11.6 Å². The van der Waals surface area contributed by atoms with E-state index in [-0.39, 0.29) is 43.3 Å². The van der Waals surface area contributed by atoms with Crippen molar-refractivity contribution < 1.29 is 27.9 Å². The van der Waals surface area contributed by atoms with E-state index < -0.39 is 28.4 Å². The van der Waals surface area contributed by atoms with Gasteiger partial charge in [-0.05, 0) is 49.3 Å². The molecule has 0 spiro atoms. The lowest BCUT2D eigenvalue weighted by atomic mass is 9.84. The van der Waals surface area contributed by atoms with E-state index in [1.165, 1.54) is 11.0 Å². The molecule has 1 aromatic rings. The van der Waals surface area contributed by atoms with Crippen molar-refractivity contribution in [3.8, 4) is 0 Å². The van der Waals surface area contributed by atoms with E-state index in [1.807, 2.05) is 6.92 Å². The molecule has 0 bridgehead atoms. The minimum absolute atomic E-state index is 0.0548. The SMILES string of the molecule is CCC[C@@H](CCC(C)C)C(=O)NC(=O)N1CCC(O)(c2ccc(Cl)c(C(F)(F)F)c2)CC1. The number of alkyl halides is 3. The van der Waals surface area contributed by atoms with Gasteiger partial charge in [0.1, 0.15) is 0 Å². The maximum Gasteiger partial charge on any atom is 0.417 e. The number of carbonyl (C=O) groups is 2. The van der Waals surface area contributed by atoms with Crippen molar-refractivity contribution in [1.29, 1.82) is 0 Å². The van der Waals surface area contributed by atoms with Crippen molar-refractivity contribution in [3.05, 3.63) is 34.3 Å². The predicted molar refractivity (Wildman–Crippen MR) is 117 cm³/mol. The fourth-order valence-corrected chi connectivity index (χ4v) is 4.20. The summed E-state index contributed by atoms with van der Waals surface area (Å²) in [6, 6.07) is 2.84. The number of hydrogen-bond donors (Lipinski definition) is 2. The second-order valence-corrected chi connectivity index (χ2v) is 9.37. The molecule has 1 aliphatic rings. The number of benzene rings is 1. The normalized spacial score (nSPS) is 17.3. The van der Waals surface area contributed by atoms with Crippen molar-refractivity contribution in [2.24, 2.45) is 11.8 Å². The Morgan fingerprint density at radius 2 is 1.81 bits per heavy atom. The number of aliphatic hydroxyl groups is 1.